The van der Waals surface area contributed by atoms with Gasteiger partial charge in [0.2, 0.25) is 0 Å². The summed E-state index contributed by atoms with van der Waals surface area (Å²) in [5.41, 5.74) is -0.890. The summed E-state index contributed by atoms with van der Waals surface area (Å²) < 4.78 is 103. The molecule has 0 atom stereocenters. The van der Waals surface area contributed by atoms with Crippen LogP contribution in [0.15, 0.2) is 30.3 Å². The predicted molar refractivity (Wildman–Crippen MR) is 133 cm³/mol. The summed E-state index contributed by atoms with van der Waals surface area (Å²) in [6, 6.07) is 3.70. The largest absolute Gasteiger partial charge is 0.432 e. The topological polar surface area (TPSA) is 27.7 Å². The predicted octanol–water partition coefficient (Wildman–Crippen LogP) is 8.50. The molecule has 0 aromatic heterocycles. The van der Waals surface area contributed by atoms with Gasteiger partial charge in [-0.1, -0.05) is 13.0 Å². The van der Waals surface area contributed by atoms with Crippen molar-refractivity contribution < 1.29 is 40.6 Å². The fraction of sp³-hybridized carbons (Fsp3) is 0.600. The minimum atomic E-state index is -3.60. The van der Waals surface area contributed by atoms with Crippen LogP contribution >= 0.6 is 0 Å². The Morgan fingerprint density at radius 1 is 0.692 bits per heavy atom. The molecule has 0 unspecified atom stereocenters. The average Bonchev–Trinajstić information content (AvgIpc) is 2.91. The highest BCUT2D eigenvalue weighted by atomic mass is 19.3. The zero-order valence-electron chi connectivity index (χ0n) is 21.9. The number of rotatable bonds is 6. The molecule has 1 saturated heterocycles. The molecule has 0 N–H and O–H groups in total. The lowest BCUT2D eigenvalue weighted by Crippen LogP contribution is -2.40. The number of hydrogen-bond acceptors (Lipinski definition) is 3. The molecular formula is C30H34F6O3. The molecule has 5 rings (SSSR count). The van der Waals surface area contributed by atoms with E-state index in [1.54, 1.807) is 0 Å². The van der Waals surface area contributed by atoms with E-state index in [9.17, 15) is 17.6 Å². The zero-order chi connectivity index (χ0) is 27.7. The lowest BCUT2D eigenvalue weighted by atomic mass is 9.69. The summed E-state index contributed by atoms with van der Waals surface area (Å²) in [6.07, 6.45) is 2.22. The van der Waals surface area contributed by atoms with Gasteiger partial charge in [-0.3, -0.25) is 0 Å². The van der Waals surface area contributed by atoms with E-state index in [2.05, 4.69) is 6.92 Å². The molecule has 0 spiro atoms. The molecule has 9 heteroatoms. The number of halogens is 6. The normalized spacial score (nSPS) is 30.2. The van der Waals surface area contributed by atoms with Crippen molar-refractivity contribution in [2.45, 2.75) is 70.7 Å². The van der Waals surface area contributed by atoms with Crippen molar-refractivity contribution in [1.82, 2.24) is 0 Å². The maximum atomic E-state index is 15.0. The lowest BCUT2D eigenvalue weighted by molar-refractivity contribution is -0.229. The Morgan fingerprint density at radius 2 is 1.23 bits per heavy atom. The number of alkyl halides is 2. The summed E-state index contributed by atoms with van der Waals surface area (Å²) in [6.45, 7) is 3.55. The molecule has 3 aliphatic rings. The maximum Gasteiger partial charge on any atom is 0.400 e. The van der Waals surface area contributed by atoms with E-state index in [4.69, 9.17) is 14.2 Å². The number of benzene rings is 2. The maximum absolute atomic E-state index is 15.0. The minimum Gasteiger partial charge on any atom is -0.432 e. The van der Waals surface area contributed by atoms with Crippen molar-refractivity contribution in [2.75, 3.05) is 13.2 Å². The monoisotopic (exact) mass is 556 g/mol. The summed E-state index contributed by atoms with van der Waals surface area (Å²) in [5.74, 6) is -4.89. The van der Waals surface area contributed by atoms with Crippen molar-refractivity contribution >= 4 is 0 Å². The highest BCUT2D eigenvalue weighted by molar-refractivity contribution is 5.66. The molecule has 39 heavy (non-hydrogen) atoms. The highest BCUT2D eigenvalue weighted by Crippen LogP contribution is 2.46. The van der Waals surface area contributed by atoms with E-state index in [0.29, 0.717) is 54.7 Å². The van der Waals surface area contributed by atoms with E-state index < -0.39 is 46.6 Å². The molecular weight excluding hydrogens is 522 g/mol. The summed E-state index contributed by atoms with van der Waals surface area (Å²) >= 11 is 0. The third kappa shape index (κ3) is 6.40. The van der Waals surface area contributed by atoms with Crippen LogP contribution in [0.4, 0.5) is 26.3 Å². The number of hydrogen-bond donors (Lipinski definition) is 0. The Hall–Kier alpha value is -2.26. The third-order valence-electron chi connectivity index (χ3n) is 8.68. The van der Waals surface area contributed by atoms with Gasteiger partial charge in [0.15, 0.2) is 17.9 Å². The molecule has 3 nitrogen and oxygen atoms in total. The fourth-order valence-electron chi connectivity index (χ4n) is 6.48. The van der Waals surface area contributed by atoms with E-state index >= 15 is 8.78 Å². The van der Waals surface area contributed by atoms with Crippen molar-refractivity contribution in [3.63, 3.8) is 0 Å². The summed E-state index contributed by atoms with van der Waals surface area (Å²) in [4.78, 5) is 0. The number of ether oxygens (including phenoxy) is 3. The van der Waals surface area contributed by atoms with Crippen molar-refractivity contribution in [1.29, 1.82) is 0 Å². The molecule has 2 saturated carbocycles. The standard InChI is InChI=1S/C30H34F6O3/c1-17-15-37-29(38-16-17)20-4-2-18(3-5-20)19-6-9-22(10-7-19)30(35,36)39-23-13-26(33)28(27(34)14-23)21-8-11-24(31)25(32)12-21/h8,11-14,17-20,22,29H,2-7,9-10,15-16H2,1H3. The molecule has 0 amide bonds. The van der Waals surface area contributed by atoms with Gasteiger partial charge in [-0.05, 0) is 80.9 Å². The summed E-state index contributed by atoms with van der Waals surface area (Å²) in [5, 5.41) is 0. The van der Waals surface area contributed by atoms with Crippen molar-refractivity contribution in [2.24, 2.45) is 29.6 Å². The van der Waals surface area contributed by atoms with Gasteiger partial charge in [0.1, 0.15) is 17.4 Å². The molecule has 214 valence electrons. The zero-order valence-corrected chi connectivity index (χ0v) is 21.9. The first-order valence-electron chi connectivity index (χ1n) is 13.8. The SMILES string of the molecule is CC1COC(C2CCC(C3CCC(C(F)(F)Oc4cc(F)c(-c5ccc(F)c(F)c5)c(F)c4)CC3)CC2)OC1. The van der Waals surface area contributed by atoms with Crippen LogP contribution in [0.5, 0.6) is 5.75 Å². The Labute approximate surface area is 224 Å². The van der Waals surface area contributed by atoms with E-state index in [0.717, 1.165) is 51.0 Å². The van der Waals surface area contributed by atoms with Gasteiger partial charge in [-0.2, -0.15) is 8.78 Å². The van der Waals surface area contributed by atoms with Gasteiger partial charge >= 0.3 is 6.11 Å². The summed E-state index contributed by atoms with van der Waals surface area (Å²) in [7, 11) is 0. The Morgan fingerprint density at radius 3 is 1.79 bits per heavy atom. The molecule has 1 heterocycles. The van der Waals surface area contributed by atoms with Crippen LogP contribution in [-0.2, 0) is 9.47 Å². The van der Waals surface area contributed by atoms with Crippen molar-refractivity contribution in [3.8, 4) is 16.9 Å². The first-order valence-corrected chi connectivity index (χ1v) is 13.8. The van der Waals surface area contributed by atoms with Crippen LogP contribution in [0.2, 0.25) is 0 Å². The second-order valence-corrected chi connectivity index (χ2v) is 11.5. The van der Waals surface area contributed by atoms with Gasteiger partial charge in [-0.25, -0.2) is 17.6 Å². The molecule has 2 aliphatic carbocycles. The molecule has 0 bridgehead atoms. The van der Waals surface area contributed by atoms with Crippen LogP contribution in [0.1, 0.15) is 58.3 Å². The average molecular weight is 557 g/mol. The smallest absolute Gasteiger partial charge is 0.400 e. The van der Waals surface area contributed by atoms with Gasteiger partial charge in [0.05, 0.1) is 24.7 Å². The van der Waals surface area contributed by atoms with Gasteiger partial charge < -0.3 is 14.2 Å². The van der Waals surface area contributed by atoms with Gasteiger partial charge in [0, 0.05) is 24.0 Å². The Bertz CT molecular complexity index is 1110. The minimum absolute atomic E-state index is 0.130. The first kappa shape index (κ1) is 28.3. The first-order chi connectivity index (χ1) is 18.6. The van der Waals surface area contributed by atoms with E-state index in [1.807, 2.05) is 0 Å². The molecule has 3 fully saturated rings. The van der Waals surface area contributed by atoms with E-state index in [1.165, 1.54) is 0 Å². The molecule has 1 aliphatic heterocycles. The van der Waals surface area contributed by atoms with Crippen LogP contribution in [0, 0.1) is 52.9 Å². The van der Waals surface area contributed by atoms with Gasteiger partial charge in [-0.15, -0.1) is 0 Å². The molecule has 0 radical (unpaired) electrons. The lowest BCUT2D eigenvalue weighted by Gasteiger charge is -2.41. The Kier molecular flexibility index (Phi) is 8.48. The fourth-order valence-corrected chi connectivity index (χ4v) is 6.48. The van der Waals surface area contributed by atoms with Crippen LogP contribution < -0.4 is 4.74 Å². The van der Waals surface area contributed by atoms with Gasteiger partial charge in [0.25, 0.3) is 0 Å². The second kappa shape index (κ2) is 11.7. The van der Waals surface area contributed by atoms with Crippen LogP contribution in [-0.4, -0.2) is 25.6 Å². The highest BCUT2D eigenvalue weighted by Gasteiger charge is 2.45. The van der Waals surface area contributed by atoms with Crippen molar-refractivity contribution in [3.05, 3.63) is 53.6 Å². The molecule has 2 aromatic carbocycles. The van der Waals surface area contributed by atoms with Crippen LogP contribution in [0.25, 0.3) is 11.1 Å². The van der Waals surface area contributed by atoms with Crippen LogP contribution in [0.3, 0.4) is 0 Å². The quantitative estimate of drug-likeness (QED) is 0.334. The molecule has 2 aromatic rings. The Balaban J connectivity index is 1.15. The third-order valence-corrected chi connectivity index (χ3v) is 8.68. The second-order valence-electron chi connectivity index (χ2n) is 11.5. The van der Waals surface area contributed by atoms with E-state index in [-0.39, 0.29) is 24.7 Å².